The predicted molar refractivity (Wildman–Crippen MR) is 70.9 cm³/mol. The highest BCUT2D eigenvalue weighted by Crippen LogP contribution is 2.24. The van der Waals surface area contributed by atoms with Crippen LogP contribution in [-0.4, -0.2) is 28.1 Å². The molecule has 19 heavy (non-hydrogen) atoms. The van der Waals surface area contributed by atoms with Crippen LogP contribution in [0.15, 0.2) is 47.8 Å². The van der Waals surface area contributed by atoms with Gasteiger partial charge in [-0.3, -0.25) is 4.98 Å². The second-order valence-corrected chi connectivity index (χ2v) is 3.93. The maximum absolute atomic E-state index is 9.91. The summed E-state index contributed by atoms with van der Waals surface area (Å²) >= 11 is 0. The van der Waals surface area contributed by atoms with E-state index in [1.165, 1.54) is 13.2 Å². The third-order valence-electron chi connectivity index (χ3n) is 2.71. The zero-order valence-electron chi connectivity index (χ0n) is 10.4. The smallest absolute Gasteiger partial charge is 0.128 e. The van der Waals surface area contributed by atoms with E-state index in [2.05, 4.69) is 10.1 Å². The number of phenolic OH excluding ortho intramolecular Hbond substituents is 1. The maximum Gasteiger partial charge on any atom is 0.128 e. The zero-order valence-corrected chi connectivity index (χ0v) is 10.4. The molecule has 0 aliphatic carbocycles. The summed E-state index contributed by atoms with van der Waals surface area (Å²) in [5.74, 6) is 0.541. The van der Waals surface area contributed by atoms with Crippen molar-refractivity contribution >= 4 is 5.71 Å². The molecule has 0 aliphatic heterocycles. The van der Waals surface area contributed by atoms with Gasteiger partial charge in [-0.1, -0.05) is 11.2 Å². The lowest BCUT2D eigenvalue weighted by Crippen LogP contribution is -2.07. The minimum absolute atomic E-state index is 0.00285. The normalized spacial score (nSPS) is 11.3. The van der Waals surface area contributed by atoms with Crippen LogP contribution in [0, 0.1) is 0 Å². The zero-order chi connectivity index (χ0) is 13.7. The Morgan fingerprint density at radius 1 is 1.32 bits per heavy atom. The molecule has 0 aliphatic rings. The van der Waals surface area contributed by atoms with Crippen LogP contribution in [0.2, 0.25) is 0 Å². The van der Waals surface area contributed by atoms with Gasteiger partial charge in [-0.25, -0.2) is 0 Å². The quantitative estimate of drug-likeness (QED) is 0.501. The van der Waals surface area contributed by atoms with Crippen molar-refractivity contribution in [3.05, 3.63) is 53.9 Å². The summed E-state index contributed by atoms with van der Waals surface area (Å²) in [6, 6.07) is 10.3. The summed E-state index contributed by atoms with van der Waals surface area (Å²) in [4.78, 5) is 4.16. The fourth-order valence-electron chi connectivity index (χ4n) is 1.74. The maximum atomic E-state index is 9.91. The van der Waals surface area contributed by atoms with Crippen molar-refractivity contribution in [3.8, 4) is 11.5 Å². The molecule has 5 heteroatoms. The summed E-state index contributed by atoms with van der Waals surface area (Å²) in [7, 11) is 1.52. The van der Waals surface area contributed by atoms with E-state index in [4.69, 9.17) is 9.94 Å². The highest BCUT2D eigenvalue weighted by molar-refractivity contribution is 6.03. The monoisotopic (exact) mass is 258 g/mol. The molecular weight excluding hydrogens is 244 g/mol. The number of oxime groups is 1. The van der Waals surface area contributed by atoms with Crippen LogP contribution in [-0.2, 0) is 6.42 Å². The van der Waals surface area contributed by atoms with E-state index in [0.717, 1.165) is 5.69 Å². The van der Waals surface area contributed by atoms with E-state index in [1.807, 2.05) is 18.2 Å². The topological polar surface area (TPSA) is 74.9 Å². The molecule has 0 atom stereocenters. The van der Waals surface area contributed by atoms with Crippen molar-refractivity contribution in [1.82, 2.24) is 4.98 Å². The van der Waals surface area contributed by atoms with Gasteiger partial charge in [-0.15, -0.1) is 0 Å². The number of hydrogen-bond donors (Lipinski definition) is 2. The minimum Gasteiger partial charge on any atom is -0.507 e. The number of hydrogen-bond acceptors (Lipinski definition) is 5. The Balaban J connectivity index is 2.28. The predicted octanol–water partition coefficient (Wildman–Crippen LogP) is 2.22. The van der Waals surface area contributed by atoms with Crippen LogP contribution in [0.4, 0.5) is 0 Å². The van der Waals surface area contributed by atoms with Crippen LogP contribution in [0.5, 0.6) is 11.5 Å². The second kappa shape index (κ2) is 5.86. The number of rotatable bonds is 4. The van der Waals surface area contributed by atoms with Gasteiger partial charge in [-0.2, -0.15) is 0 Å². The summed E-state index contributed by atoms with van der Waals surface area (Å²) in [5, 5.41) is 22.3. The molecule has 0 radical (unpaired) electrons. The lowest BCUT2D eigenvalue weighted by Gasteiger charge is -2.08. The van der Waals surface area contributed by atoms with Gasteiger partial charge in [0.25, 0.3) is 0 Å². The Morgan fingerprint density at radius 2 is 2.16 bits per heavy atom. The summed E-state index contributed by atoms with van der Waals surface area (Å²) < 4.78 is 5.01. The fourth-order valence-corrected chi connectivity index (χ4v) is 1.74. The highest BCUT2D eigenvalue weighted by Gasteiger charge is 2.12. The number of aromatic nitrogens is 1. The molecule has 2 rings (SSSR count). The molecule has 0 unspecified atom stereocenters. The van der Waals surface area contributed by atoms with Gasteiger partial charge >= 0.3 is 0 Å². The SMILES string of the molecule is COc1ccc(/C(Cc2ccccn2)=N\O)c(O)c1. The van der Waals surface area contributed by atoms with Gasteiger partial charge < -0.3 is 15.1 Å². The van der Waals surface area contributed by atoms with E-state index >= 15 is 0 Å². The fraction of sp³-hybridized carbons (Fsp3) is 0.143. The van der Waals surface area contributed by atoms with Crippen molar-refractivity contribution in [3.63, 3.8) is 0 Å². The third kappa shape index (κ3) is 3.01. The van der Waals surface area contributed by atoms with Gasteiger partial charge in [0.2, 0.25) is 0 Å². The van der Waals surface area contributed by atoms with E-state index < -0.39 is 0 Å². The average Bonchev–Trinajstić information content (AvgIpc) is 2.46. The van der Waals surface area contributed by atoms with E-state index in [-0.39, 0.29) is 5.75 Å². The molecule has 0 saturated heterocycles. The van der Waals surface area contributed by atoms with Crippen molar-refractivity contribution in [1.29, 1.82) is 0 Å². The first-order chi connectivity index (χ1) is 9.24. The Labute approximate surface area is 110 Å². The van der Waals surface area contributed by atoms with Gasteiger partial charge in [-0.05, 0) is 24.3 Å². The number of phenols is 1. The summed E-state index contributed by atoms with van der Waals surface area (Å²) in [5.41, 5.74) is 1.55. The largest absolute Gasteiger partial charge is 0.507 e. The molecule has 0 amide bonds. The summed E-state index contributed by atoms with van der Waals surface area (Å²) in [6.45, 7) is 0. The average molecular weight is 258 g/mol. The van der Waals surface area contributed by atoms with Gasteiger partial charge in [0.1, 0.15) is 11.5 Å². The Kier molecular flexibility index (Phi) is 3.97. The van der Waals surface area contributed by atoms with Gasteiger partial charge in [0.05, 0.1) is 12.8 Å². The van der Waals surface area contributed by atoms with E-state index in [9.17, 15) is 5.11 Å². The highest BCUT2D eigenvalue weighted by atomic mass is 16.5. The van der Waals surface area contributed by atoms with Gasteiger partial charge in [0, 0.05) is 29.9 Å². The Morgan fingerprint density at radius 3 is 2.74 bits per heavy atom. The van der Waals surface area contributed by atoms with Crippen LogP contribution in [0.25, 0.3) is 0 Å². The summed E-state index contributed by atoms with van der Waals surface area (Å²) in [6.07, 6.45) is 2.00. The second-order valence-electron chi connectivity index (χ2n) is 3.93. The molecule has 98 valence electrons. The molecule has 1 aromatic carbocycles. The van der Waals surface area contributed by atoms with Crippen molar-refractivity contribution in [2.45, 2.75) is 6.42 Å². The van der Waals surface area contributed by atoms with Crippen LogP contribution >= 0.6 is 0 Å². The number of nitrogens with zero attached hydrogens (tertiary/aromatic N) is 2. The van der Waals surface area contributed by atoms with Crippen molar-refractivity contribution in [2.75, 3.05) is 7.11 Å². The molecule has 2 aromatic rings. The minimum atomic E-state index is 0.00285. The molecular formula is C14H14N2O3. The number of pyridine rings is 1. The molecule has 0 saturated carbocycles. The Bertz CT molecular complexity index is 582. The molecule has 0 bridgehead atoms. The molecule has 1 heterocycles. The molecule has 0 fully saturated rings. The molecule has 0 spiro atoms. The lowest BCUT2D eigenvalue weighted by atomic mass is 10.0. The third-order valence-corrected chi connectivity index (χ3v) is 2.71. The first-order valence-electron chi connectivity index (χ1n) is 5.73. The number of benzene rings is 1. The Hall–Kier alpha value is -2.56. The van der Waals surface area contributed by atoms with Crippen LogP contribution in [0.1, 0.15) is 11.3 Å². The van der Waals surface area contributed by atoms with E-state index in [1.54, 1.807) is 18.3 Å². The standard InChI is InChI=1S/C14H14N2O3/c1-19-11-5-6-12(14(17)9-11)13(16-18)8-10-4-2-3-7-15-10/h2-7,9,17-18H,8H2,1H3/b16-13-. The molecule has 5 nitrogen and oxygen atoms in total. The lowest BCUT2D eigenvalue weighted by molar-refractivity contribution is 0.318. The van der Waals surface area contributed by atoms with Crippen LogP contribution in [0.3, 0.4) is 0 Å². The van der Waals surface area contributed by atoms with Crippen molar-refractivity contribution in [2.24, 2.45) is 5.16 Å². The number of ether oxygens (including phenoxy) is 1. The molecule has 2 N–H and O–H groups in total. The molecule has 1 aromatic heterocycles. The van der Waals surface area contributed by atoms with Gasteiger partial charge in [0.15, 0.2) is 0 Å². The first kappa shape index (κ1) is 12.9. The van der Waals surface area contributed by atoms with E-state index in [0.29, 0.717) is 23.4 Å². The van der Waals surface area contributed by atoms with Crippen molar-refractivity contribution < 1.29 is 15.1 Å². The number of methoxy groups -OCH3 is 1. The van der Waals surface area contributed by atoms with Crippen LogP contribution < -0.4 is 4.74 Å². The first-order valence-corrected chi connectivity index (χ1v) is 5.73. The number of aromatic hydroxyl groups is 1.